The van der Waals surface area contributed by atoms with Crippen molar-refractivity contribution in [1.82, 2.24) is 29.8 Å². The molecule has 0 unspecified atom stereocenters. The first kappa shape index (κ1) is 17.0. The molecule has 26 heavy (non-hydrogen) atoms. The van der Waals surface area contributed by atoms with Crippen LogP contribution >= 0.6 is 0 Å². The summed E-state index contributed by atoms with van der Waals surface area (Å²) < 4.78 is 13.4. The molecule has 0 spiro atoms. The molecule has 3 aromatic heterocycles. The molecule has 0 saturated carbocycles. The Hall–Kier alpha value is -2.48. The van der Waals surface area contributed by atoms with Crippen molar-refractivity contribution >= 4 is 0 Å². The highest BCUT2D eigenvalue weighted by molar-refractivity contribution is 5.48. The fourth-order valence-corrected chi connectivity index (χ4v) is 3.33. The summed E-state index contributed by atoms with van der Waals surface area (Å²) >= 11 is 0. The quantitative estimate of drug-likeness (QED) is 0.693. The summed E-state index contributed by atoms with van der Waals surface area (Å²) in [5.41, 5.74) is 2.08. The molecule has 4 rings (SSSR count). The molecule has 1 aliphatic rings. The number of aryl methyl sites for hydroxylation is 1. The van der Waals surface area contributed by atoms with Crippen LogP contribution in [0.4, 0.5) is 0 Å². The maximum absolute atomic E-state index is 5.90. The first-order chi connectivity index (χ1) is 12.5. The van der Waals surface area contributed by atoms with Gasteiger partial charge in [-0.3, -0.25) is 4.90 Å². The predicted molar refractivity (Wildman–Crippen MR) is 94.2 cm³/mol. The minimum Gasteiger partial charge on any atom is -0.418 e. The first-order valence-electron chi connectivity index (χ1n) is 9.05. The molecule has 0 aromatic carbocycles. The van der Waals surface area contributed by atoms with Crippen molar-refractivity contribution in [2.24, 2.45) is 7.05 Å². The second-order valence-electron chi connectivity index (χ2n) is 7.19. The van der Waals surface area contributed by atoms with E-state index in [0.29, 0.717) is 24.2 Å². The van der Waals surface area contributed by atoms with Gasteiger partial charge in [0, 0.05) is 18.7 Å². The molecule has 1 fully saturated rings. The van der Waals surface area contributed by atoms with Gasteiger partial charge in [0.25, 0.3) is 5.89 Å². The summed E-state index contributed by atoms with van der Waals surface area (Å²) in [7, 11) is 1.99. The minimum atomic E-state index is 0.114. The number of hydrogen-bond donors (Lipinski definition) is 0. The van der Waals surface area contributed by atoms with E-state index in [1.165, 1.54) is 0 Å². The molecule has 0 bridgehead atoms. The highest BCUT2D eigenvalue weighted by atomic mass is 16.5. The Kier molecular flexibility index (Phi) is 4.36. The molecular formula is C18H24N6O2. The molecule has 8 nitrogen and oxygen atoms in total. The van der Waals surface area contributed by atoms with Gasteiger partial charge < -0.3 is 13.5 Å². The van der Waals surface area contributed by atoms with E-state index in [4.69, 9.17) is 8.94 Å². The second kappa shape index (κ2) is 6.68. The van der Waals surface area contributed by atoms with Gasteiger partial charge in [-0.15, -0.1) is 10.2 Å². The van der Waals surface area contributed by atoms with E-state index in [2.05, 4.69) is 39.1 Å². The third-order valence-corrected chi connectivity index (χ3v) is 5.02. The van der Waals surface area contributed by atoms with Crippen molar-refractivity contribution in [2.45, 2.75) is 52.1 Å². The lowest BCUT2D eigenvalue weighted by Gasteiger charge is -2.19. The van der Waals surface area contributed by atoms with Crippen LogP contribution in [0.15, 0.2) is 21.1 Å². The lowest BCUT2D eigenvalue weighted by molar-refractivity contribution is 0.185. The summed E-state index contributed by atoms with van der Waals surface area (Å²) in [6.45, 7) is 7.70. The van der Waals surface area contributed by atoms with E-state index in [1.807, 2.05) is 30.7 Å². The van der Waals surface area contributed by atoms with Crippen LogP contribution in [0.2, 0.25) is 0 Å². The molecule has 8 heteroatoms. The maximum Gasteiger partial charge on any atom is 0.264 e. The van der Waals surface area contributed by atoms with Crippen LogP contribution in [0.25, 0.3) is 11.6 Å². The van der Waals surface area contributed by atoms with Gasteiger partial charge in [0.05, 0.1) is 12.6 Å². The average Bonchev–Trinajstić information content (AvgIpc) is 3.37. The topological polar surface area (TPSA) is 86.0 Å². The van der Waals surface area contributed by atoms with Gasteiger partial charge in [-0.1, -0.05) is 19.0 Å². The van der Waals surface area contributed by atoms with Gasteiger partial charge in [0.1, 0.15) is 5.69 Å². The zero-order valence-corrected chi connectivity index (χ0v) is 15.6. The van der Waals surface area contributed by atoms with Crippen LogP contribution in [-0.4, -0.2) is 36.3 Å². The highest BCUT2D eigenvalue weighted by Crippen LogP contribution is 2.33. The zero-order valence-electron chi connectivity index (χ0n) is 15.6. The van der Waals surface area contributed by atoms with E-state index in [9.17, 15) is 0 Å². The summed E-state index contributed by atoms with van der Waals surface area (Å²) in [5.74, 6) is 2.85. The van der Waals surface area contributed by atoms with E-state index in [0.717, 1.165) is 36.6 Å². The number of likely N-dealkylation sites (tertiary alicyclic amines) is 1. The number of rotatable bonds is 5. The Balaban J connectivity index is 1.50. The Morgan fingerprint density at radius 3 is 2.81 bits per heavy atom. The summed E-state index contributed by atoms with van der Waals surface area (Å²) in [5, 5.41) is 12.5. The third kappa shape index (κ3) is 3.05. The molecule has 0 N–H and O–H groups in total. The van der Waals surface area contributed by atoms with Crippen molar-refractivity contribution in [3.8, 4) is 11.6 Å². The predicted octanol–water partition coefficient (Wildman–Crippen LogP) is 3.23. The van der Waals surface area contributed by atoms with Crippen molar-refractivity contribution in [2.75, 3.05) is 6.54 Å². The number of hydrogen-bond acceptors (Lipinski definition) is 7. The smallest absolute Gasteiger partial charge is 0.264 e. The van der Waals surface area contributed by atoms with Crippen molar-refractivity contribution in [3.05, 3.63) is 35.4 Å². The maximum atomic E-state index is 5.90. The molecule has 0 radical (unpaired) electrons. The summed E-state index contributed by atoms with van der Waals surface area (Å²) in [6, 6.07) is 4.15. The Bertz CT molecular complexity index is 893. The normalized spacial score (nSPS) is 18.3. The van der Waals surface area contributed by atoms with Crippen LogP contribution in [0.3, 0.4) is 0 Å². The molecule has 1 atom stereocenters. The molecular weight excluding hydrogens is 332 g/mol. The van der Waals surface area contributed by atoms with Crippen LogP contribution in [0.5, 0.6) is 0 Å². The Labute approximate surface area is 152 Å². The Morgan fingerprint density at radius 1 is 1.27 bits per heavy atom. The van der Waals surface area contributed by atoms with Gasteiger partial charge >= 0.3 is 0 Å². The number of nitrogens with zero attached hydrogens (tertiary/aromatic N) is 6. The van der Waals surface area contributed by atoms with Crippen LogP contribution < -0.4 is 0 Å². The fourth-order valence-electron chi connectivity index (χ4n) is 3.33. The largest absolute Gasteiger partial charge is 0.418 e. The van der Waals surface area contributed by atoms with Crippen molar-refractivity contribution in [1.29, 1.82) is 0 Å². The zero-order chi connectivity index (χ0) is 18.3. The molecule has 0 aliphatic carbocycles. The van der Waals surface area contributed by atoms with Crippen molar-refractivity contribution < 1.29 is 8.94 Å². The molecule has 0 amide bonds. The SMILES string of the molecule is Cc1ccc(-c2nnc(CN3CCC[C@@H]3c3nc(C(C)C)no3)o2)n1C. The van der Waals surface area contributed by atoms with E-state index >= 15 is 0 Å². The standard InChI is InChI=1S/C18H24N6O2/c1-11(2)16-19-17(26-22-16)14-6-5-9-24(14)10-15-20-21-18(25-15)13-8-7-12(3)23(13)4/h7-8,11,14H,5-6,9-10H2,1-4H3/t14-/m1/s1. The lowest BCUT2D eigenvalue weighted by Crippen LogP contribution is -2.23. The van der Waals surface area contributed by atoms with Crippen molar-refractivity contribution in [3.63, 3.8) is 0 Å². The molecule has 4 heterocycles. The summed E-state index contributed by atoms with van der Waals surface area (Å²) in [4.78, 5) is 6.83. The second-order valence-corrected chi connectivity index (χ2v) is 7.19. The first-order valence-corrected chi connectivity index (χ1v) is 9.05. The van der Waals surface area contributed by atoms with Crippen LogP contribution in [0.1, 0.15) is 61.9 Å². The lowest BCUT2D eigenvalue weighted by atomic mass is 10.2. The Morgan fingerprint density at radius 2 is 2.12 bits per heavy atom. The van der Waals surface area contributed by atoms with E-state index < -0.39 is 0 Å². The molecule has 3 aromatic rings. The van der Waals surface area contributed by atoms with Gasteiger partial charge in [-0.05, 0) is 38.4 Å². The third-order valence-electron chi connectivity index (χ3n) is 5.02. The number of aromatic nitrogens is 5. The van der Waals surface area contributed by atoms with E-state index in [-0.39, 0.29) is 12.0 Å². The molecule has 1 saturated heterocycles. The van der Waals surface area contributed by atoms with Gasteiger partial charge in [0.2, 0.25) is 11.8 Å². The van der Waals surface area contributed by atoms with Crippen LogP contribution in [0, 0.1) is 6.92 Å². The molecule has 138 valence electrons. The molecule has 1 aliphatic heterocycles. The van der Waals surface area contributed by atoms with Gasteiger partial charge in [0.15, 0.2) is 5.82 Å². The highest BCUT2D eigenvalue weighted by Gasteiger charge is 2.32. The minimum absolute atomic E-state index is 0.114. The fraction of sp³-hybridized carbons (Fsp3) is 0.556. The van der Waals surface area contributed by atoms with Gasteiger partial charge in [-0.25, -0.2) is 0 Å². The van der Waals surface area contributed by atoms with Gasteiger partial charge in [-0.2, -0.15) is 4.98 Å². The van der Waals surface area contributed by atoms with Crippen LogP contribution in [-0.2, 0) is 13.6 Å². The average molecular weight is 356 g/mol. The monoisotopic (exact) mass is 356 g/mol. The summed E-state index contributed by atoms with van der Waals surface area (Å²) in [6.07, 6.45) is 2.08. The van der Waals surface area contributed by atoms with E-state index in [1.54, 1.807) is 0 Å².